The Labute approximate surface area is 153 Å². The predicted octanol–water partition coefficient (Wildman–Crippen LogP) is 3.04. The van der Waals surface area contributed by atoms with E-state index in [-0.39, 0.29) is 6.61 Å². The van der Waals surface area contributed by atoms with Crippen molar-refractivity contribution in [3.8, 4) is 17.1 Å². The molecule has 136 valence electrons. The van der Waals surface area contributed by atoms with E-state index < -0.39 is 0 Å². The Balaban J connectivity index is 1.93. The maximum Gasteiger partial charge on any atom is 0.151 e. The molecule has 2 N–H and O–H groups in total. The smallest absolute Gasteiger partial charge is 0.151 e. The van der Waals surface area contributed by atoms with Gasteiger partial charge >= 0.3 is 0 Å². The van der Waals surface area contributed by atoms with Gasteiger partial charge in [-0.15, -0.1) is 10.2 Å². The molecule has 7 nitrogen and oxygen atoms in total. The fraction of sp³-hybridized carbons (Fsp3) is 0.368. The van der Waals surface area contributed by atoms with E-state index in [1.54, 1.807) is 6.33 Å². The van der Waals surface area contributed by atoms with Crippen LogP contribution in [0.5, 0.6) is 0 Å². The molecule has 0 amide bonds. The molecule has 0 bridgehead atoms. The molecule has 0 aliphatic heterocycles. The molecule has 26 heavy (non-hydrogen) atoms. The van der Waals surface area contributed by atoms with Gasteiger partial charge in [0.25, 0.3) is 0 Å². The van der Waals surface area contributed by atoms with Gasteiger partial charge in [-0.3, -0.25) is 0 Å². The van der Waals surface area contributed by atoms with E-state index in [9.17, 15) is 5.11 Å². The van der Waals surface area contributed by atoms with Crippen LogP contribution < -0.4 is 5.32 Å². The molecule has 3 heterocycles. The molecule has 7 heteroatoms. The monoisotopic (exact) mass is 352 g/mol. The summed E-state index contributed by atoms with van der Waals surface area (Å²) in [4.78, 5) is 8.80. The van der Waals surface area contributed by atoms with Gasteiger partial charge in [0, 0.05) is 12.2 Å². The number of aryl methyl sites for hydroxylation is 2. The Bertz CT molecular complexity index is 905. The van der Waals surface area contributed by atoms with Crippen LogP contribution in [0.2, 0.25) is 0 Å². The van der Waals surface area contributed by atoms with Crippen LogP contribution in [-0.4, -0.2) is 35.9 Å². The second-order valence-corrected chi connectivity index (χ2v) is 6.46. The van der Waals surface area contributed by atoms with Crippen molar-refractivity contribution in [3.63, 3.8) is 0 Å². The van der Waals surface area contributed by atoms with Crippen molar-refractivity contribution in [1.82, 2.24) is 24.7 Å². The van der Waals surface area contributed by atoms with E-state index in [0.717, 1.165) is 29.2 Å². The zero-order valence-corrected chi connectivity index (χ0v) is 15.6. The molecule has 0 aliphatic carbocycles. The first-order chi connectivity index (χ1) is 12.5. The van der Waals surface area contributed by atoms with Gasteiger partial charge in [-0.05, 0) is 51.0 Å². The van der Waals surface area contributed by atoms with Crippen molar-refractivity contribution in [3.05, 3.63) is 47.7 Å². The topological polar surface area (TPSA) is 88.8 Å². The average Bonchev–Trinajstić information content (AvgIpc) is 3.08. The lowest BCUT2D eigenvalue weighted by atomic mass is 10.1. The molecule has 0 radical (unpaired) electrons. The first-order valence-electron chi connectivity index (χ1n) is 8.74. The van der Waals surface area contributed by atoms with Crippen LogP contribution >= 0.6 is 0 Å². The molecule has 1 atom stereocenters. The van der Waals surface area contributed by atoms with Crippen LogP contribution in [-0.2, 0) is 6.61 Å². The molecule has 0 aromatic carbocycles. The van der Waals surface area contributed by atoms with Gasteiger partial charge in [-0.25, -0.2) is 9.97 Å². The summed E-state index contributed by atoms with van der Waals surface area (Å²) in [7, 11) is 0. The number of nitrogens with zero attached hydrogens (tertiary/aromatic N) is 5. The summed E-state index contributed by atoms with van der Waals surface area (Å²) in [5.41, 5.74) is 4.65. The first-order valence-corrected chi connectivity index (χ1v) is 8.74. The van der Waals surface area contributed by atoms with Crippen molar-refractivity contribution in [1.29, 1.82) is 0 Å². The summed E-state index contributed by atoms with van der Waals surface area (Å²) in [6, 6.07) is 6.10. The minimum atomic E-state index is -0.166. The third kappa shape index (κ3) is 3.72. The molecule has 3 aromatic heterocycles. The lowest BCUT2D eigenvalue weighted by molar-refractivity contribution is 0.276. The van der Waals surface area contributed by atoms with E-state index >= 15 is 0 Å². The Morgan fingerprint density at radius 2 is 2.00 bits per heavy atom. The van der Waals surface area contributed by atoms with Crippen molar-refractivity contribution < 1.29 is 5.11 Å². The van der Waals surface area contributed by atoms with Gasteiger partial charge in [0.2, 0.25) is 0 Å². The highest BCUT2D eigenvalue weighted by Gasteiger charge is 2.12. The maximum atomic E-state index is 9.74. The highest BCUT2D eigenvalue weighted by molar-refractivity contribution is 5.60. The quantitative estimate of drug-likeness (QED) is 0.709. The summed E-state index contributed by atoms with van der Waals surface area (Å²) in [5.74, 6) is 0.788. The van der Waals surface area contributed by atoms with Gasteiger partial charge in [0.1, 0.15) is 5.69 Å². The van der Waals surface area contributed by atoms with E-state index in [1.165, 1.54) is 0 Å². The summed E-state index contributed by atoms with van der Waals surface area (Å²) >= 11 is 0. The predicted molar refractivity (Wildman–Crippen MR) is 101 cm³/mol. The first kappa shape index (κ1) is 18.0. The molecule has 0 aliphatic rings. The van der Waals surface area contributed by atoms with Crippen LogP contribution in [0.1, 0.15) is 37.2 Å². The highest BCUT2D eigenvalue weighted by atomic mass is 16.3. The van der Waals surface area contributed by atoms with Crippen LogP contribution in [0.15, 0.2) is 30.7 Å². The van der Waals surface area contributed by atoms with Crippen molar-refractivity contribution in [2.45, 2.75) is 46.8 Å². The van der Waals surface area contributed by atoms with Crippen molar-refractivity contribution in [2.75, 3.05) is 5.32 Å². The van der Waals surface area contributed by atoms with Gasteiger partial charge < -0.3 is 15.0 Å². The molecule has 3 rings (SSSR count). The van der Waals surface area contributed by atoms with Crippen molar-refractivity contribution in [2.24, 2.45) is 0 Å². The SMILES string of the molecule is CC[C@@H](C)Nc1nnc(-c2ccc(-n3cnc(C)c3)c(CO)n2)cc1C. The highest BCUT2D eigenvalue weighted by Crippen LogP contribution is 2.22. The van der Waals surface area contributed by atoms with Gasteiger partial charge in [0.15, 0.2) is 5.82 Å². The second kappa shape index (κ2) is 7.61. The lowest BCUT2D eigenvalue weighted by Crippen LogP contribution is -2.16. The summed E-state index contributed by atoms with van der Waals surface area (Å²) < 4.78 is 1.85. The number of hydrogen-bond acceptors (Lipinski definition) is 6. The number of nitrogens with one attached hydrogen (secondary N) is 1. The number of imidazole rings is 1. The van der Waals surface area contributed by atoms with E-state index in [0.29, 0.717) is 23.1 Å². The summed E-state index contributed by atoms with van der Waals surface area (Å²) in [6.45, 7) is 7.99. The zero-order chi connectivity index (χ0) is 18.7. The van der Waals surface area contributed by atoms with E-state index in [1.807, 2.05) is 42.8 Å². The molecular formula is C19H24N6O. The molecule has 0 spiro atoms. The molecular weight excluding hydrogens is 328 g/mol. The molecule has 0 saturated carbocycles. The number of anilines is 1. The van der Waals surface area contributed by atoms with Crippen LogP contribution in [0.3, 0.4) is 0 Å². The molecule has 3 aromatic rings. The van der Waals surface area contributed by atoms with Gasteiger partial charge in [-0.2, -0.15) is 0 Å². The lowest BCUT2D eigenvalue weighted by Gasteiger charge is -2.14. The summed E-state index contributed by atoms with van der Waals surface area (Å²) in [6.07, 6.45) is 4.62. The molecule has 0 unspecified atom stereocenters. The van der Waals surface area contributed by atoms with E-state index in [4.69, 9.17) is 0 Å². The maximum absolute atomic E-state index is 9.74. The number of aliphatic hydroxyl groups excluding tert-OH is 1. The summed E-state index contributed by atoms with van der Waals surface area (Å²) in [5, 5.41) is 21.7. The zero-order valence-electron chi connectivity index (χ0n) is 15.6. The van der Waals surface area contributed by atoms with Crippen LogP contribution in [0.25, 0.3) is 17.1 Å². The average molecular weight is 352 g/mol. The standard InChI is InChI=1S/C19H24N6O/c1-5-13(3)21-19-12(2)8-16(23-24-19)15-6-7-18(17(10-26)22-15)25-9-14(4)20-11-25/h6-9,11,13,26H,5,10H2,1-4H3,(H,21,24)/t13-/m1/s1. The molecule has 0 saturated heterocycles. The van der Waals surface area contributed by atoms with Crippen LogP contribution in [0.4, 0.5) is 5.82 Å². The minimum absolute atomic E-state index is 0.166. The Kier molecular flexibility index (Phi) is 5.27. The number of rotatable bonds is 6. The van der Waals surface area contributed by atoms with Crippen molar-refractivity contribution >= 4 is 5.82 Å². The largest absolute Gasteiger partial charge is 0.390 e. The fourth-order valence-electron chi connectivity index (χ4n) is 2.63. The third-order valence-corrected chi connectivity index (χ3v) is 4.33. The second-order valence-electron chi connectivity index (χ2n) is 6.46. The number of aliphatic hydroxyl groups is 1. The Morgan fingerprint density at radius 3 is 2.62 bits per heavy atom. The minimum Gasteiger partial charge on any atom is -0.390 e. The third-order valence-electron chi connectivity index (χ3n) is 4.33. The molecule has 0 fully saturated rings. The van der Waals surface area contributed by atoms with Gasteiger partial charge in [-0.1, -0.05) is 6.92 Å². The number of pyridine rings is 1. The fourth-order valence-corrected chi connectivity index (χ4v) is 2.63. The number of hydrogen-bond donors (Lipinski definition) is 2. The Hall–Kier alpha value is -2.80. The normalized spacial score (nSPS) is 12.2. The number of aromatic nitrogens is 5. The van der Waals surface area contributed by atoms with Crippen LogP contribution in [0, 0.1) is 13.8 Å². The Morgan fingerprint density at radius 1 is 1.19 bits per heavy atom. The van der Waals surface area contributed by atoms with Gasteiger partial charge in [0.05, 0.1) is 35.7 Å². The van der Waals surface area contributed by atoms with E-state index in [2.05, 4.69) is 39.3 Å².